The van der Waals surface area contributed by atoms with E-state index in [1.165, 1.54) is 0 Å². The van der Waals surface area contributed by atoms with E-state index in [-0.39, 0.29) is 0 Å². The number of halogens is 2. The summed E-state index contributed by atoms with van der Waals surface area (Å²) < 4.78 is 6.17. The van der Waals surface area contributed by atoms with Gasteiger partial charge >= 0.3 is 5.97 Å². The molecule has 0 spiro atoms. The minimum atomic E-state index is -0.396. The summed E-state index contributed by atoms with van der Waals surface area (Å²) in [5.74, 6) is -0.00572. The van der Waals surface area contributed by atoms with Crippen molar-refractivity contribution in [2.75, 3.05) is 0 Å². The van der Waals surface area contributed by atoms with Crippen LogP contribution in [0, 0.1) is 10.5 Å². The van der Waals surface area contributed by atoms with Crippen molar-refractivity contribution in [3.8, 4) is 5.75 Å². The van der Waals surface area contributed by atoms with E-state index < -0.39 is 5.97 Å². The Balaban J connectivity index is 2.27. The number of hydrogen-bond donors (Lipinski definition) is 0. The zero-order valence-electron chi connectivity index (χ0n) is 9.61. The second-order valence-corrected chi connectivity index (χ2v) is 5.37. The Morgan fingerprint density at radius 3 is 2.67 bits per heavy atom. The molecule has 2 aromatic carbocycles. The average molecular weight is 373 g/mol. The Bertz CT molecular complexity index is 596. The zero-order valence-corrected chi connectivity index (χ0v) is 12.5. The molecule has 2 rings (SSSR count). The standard InChI is InChI=1S/C14H10ClIO2/c1-9-6-7-11(15)13(8-9)18-14(17)10-4-2-3-5-12(10)16/h2-8H,1H3. The van der Waals surface area contributed by atoms with Crippen molar-refractivity contribution in [2.45, 2.75) is 6.92 Å². The molecule has 0 saturated carbocycles. The first kappa shape index (κ1) is 13.4. The molecule has 0 amide bonds. The summed E-state index contributed by atoms with van der Waals surface area (Å²) >= 11 is 8.09. The predicted molar refractivity (Wildman–Crippen MR) is 80.3 cm³/mol. The molecular formula is C14H10ClIO2. The summed E-state index contributed by atoms with van der Waals surface area (Å²) in [7, 11) is 0. The largest absolute Gasteiger partial charge is 0.421 e. The van der Waals surface area contributed by atoms with Crippen molar-refractivity contribution in [3.05, 3.63) is 62.2 Å². The maximum absolute atomic E-state index is 12.0. The molecule has 2 aromatic rings. The van der Waals surface area contributed by atoms with Gasteiger partial charge in [-0.05, 0) is 59.3 Å². The number of benzene rings is 2. The van der Waals surface area contributed by atoms with Crippen molar-refractivity contribution >= 4 is 40.2 Å². The van der Waals surface area contributed by atoms with Crippen LogP contribution in [0.15, 0.2) is 42.5 Å². The van der Waals surface area contributed by atoms with Crippen LogP contribution < -0.4 is 4.74 Å². The average Bonchev–Trinajstić information content (AvgIpc) is 2.34. The summed E-state index contributed by atoms with van der Waals surface area (Å²) in [6.45, 7) is 1.92. The minimum Gasteiger partial charge on any atom is -0.421 e. The first-order valence-electron chi connectivity index (χ1n) is 5.31. The van der Waals surface area contributed by atoms with Crippen molar-refractivity contribution in [1.82, 2.24) is 0 Å². The maximum atomic E-state index is 12.0. The van der Waals surface area contributed by atoms with Crippen LogP contribution in [0.2, 0.25) is 5.02 Å². The number of carbonyl (C=O) groups is 1. The molecule has 4 heteroatoms. The molecule has 0 aromatic heterocycles. The zero-order chi connectivity index (χ0) is 13.1. The molecular weight excluding hydrogens is 363 g/mol. The van der Waals surface area contributed by atoms with E-state index in [1.54, 1.807) is 24.3 Å². The Morgan fingerprint density at radius 2 is 1.94 bits per heavy atom. The first-order valence-corrected chi connectivity index (χ1v) is 6.76. The summed E-state index contributed by atoms with van der Waals surface area (Å²) in [5.41, 5.74) is 1.53. The van der Waals surface area contributed by atoms with E-state index >= 15 is 0 Å². The lowest BCUT2D eigenvalue weighted by atomic mass is 10.2. The van der Waals surface area contributed by atoms with E-state index in [9.17, 15) is 4.79 Å². The molecule has 0 fully saturated rings. The van der Waals surface area contributed by atoms with Crippen molar-refractivity contribution < 1.29 is 9.53 Å². The molecule has 2 nitrogen and oxygen atoms in total. The van der Waals surface area contributed by atoms with Crippen LogP contribution in [0.4, 0.5) is 0 Å². The Kier molecular flexibility index (Phi) is 4.24. The Morgan fingerprint density at radius 1 is 1.22 bits per heavy atom. The topological polar surface area (TPSA) is 26.3 Å². The quantitative estimate of drug-likeness (QED) is 0.442. The number of aryl methyl sites for hydroxylation is 1. The number of hydrogen-bond acceptors (Lipinski definition) is 2. The smallest absolute Gasteiger partial charge is 0.344 e. The van der Waals surface area contributed by atoms with Crippen LogP contribution >= 0.6 is 34.2 Å². The van der Waals surface area contributed by atoms with Gasteiger partial charge in [-0.2, -0.15) is 0 Å². The van der Waals surface area contributed by atoms with Crippen molar-refractivity contribution in [3.63, 3.8) is 0 Å². The van der Waals surface area contributed by atoms with Gasteiger partial charge in [-0.25, -0.2) is 4.79 Å². The van der Waals surface area contributed by atoms with Crippen LogP contribution in [0.3, 0.4) is 0 Å². The number of esters is 1. The molecule has 0 aliphatic heterocycles. The lowest BCUT2D eigenvalue weighted by molar-refractivity contribution is 0.0733. The third kappa shape index (κ3) is 3.03. The Labute approximate surface area is 124 Å². The summed E-state index contributed by atoms with van der Waals surface area (Å²) in [4.78, 5) is 12.0. The van der Waals surface area contributed by atoms with Gasteiger partial charge in [0.1, 0.15) is 5.75 Å². The highest BCUT2D eigenvalue weighted by Gasteiger charge is 2.13. The minimum absolute atomic E-state index is 0.390. The summed E-state index contributed by atoms with van der Waals surface area (Å²) in [6.07, 6.45) is 0. The highest BCUT2D eigenvalue weighted by atomic mass is 127. The second kappa shape index (κ2) is 5.71. The van der Waals surface area contributed by atoms with Gasteiger partial charge in [0, 0.05) is 3.57 Å². The van der Waals surface area contributed by atoms with Gasteiger partial charge in [-0.3, -0.25) is 0 Å². The highest BCUT2D eigenvalue weighted by Crippen LogP contribution is 2.26. The third-order valence-electron chi connectivity index (χ3n) is 2.38. The van der Waals surface area contributed by atoms with Crippen molar-refractivity contribution in [2.24, 2.45) is 0 Å². The Hall–Kier alpha value is -1.07. The normalized spacial score (nSPS) is 10.2. The lowest BCUT2D eigenvalue weighted by Gasteiger charge is -2.08. The third-order valence-corrected chi connectivity index (χ3v) is 3.64. The van der Waals surface area contributed by atoms with Gasteiger partial charge in [0.15, 0.2) is 0 Å². The predicted octanol–water partition coefficient (Wildman–Crippen LogP) is 4.47. The molecule has 18 heavy (non-hydrogen) atoms. The molecule has 92 valence electrons. The van der Waals surface area contributed by atoms with E-state index in [1.807, 2.05) is 25.1 Å². The molecule has 0 saturated heterocycles. The monoisotopic (exact) mass is 372 g/mol. The van der Waals surface area contributed by atoms with E-state index in [0.29, 0.717) is 16.3 Å². The molecule has 0 bridgehead atoms. The van der Waals surface area contributed by atoms with Gasteiger partial charge in [-0.1, -0.05) is 29.8 Å². The SMILES string of the molecule is Cc1ccc(Cl)c(OC(=O)c2ccccc2I)c1. The fourth-order valence-electron chi connectivity index (χ4n) is 1.47. The van der Waals surface area contributed by atoms with E-state index in [0.717, 1.165) is 9.13 Å². The van der Waals surface area contributed by atoms with Gasteiger partial charge < -0.3 is 4.74 Å². The molecule has 0 atom stereocenters. The summed E-state index contributed by atoms with van der Waals surface area (Å²) in [6, 6.07) is 12.6. The lowest BCUT2D eigenvalue weighted by Crippen LogP contribution is -2.10. The van der Waals surface area contributed by atoms with Crippen LogP contribution in [-0.2, 0) is 0 Å². The highest BCUT2D eigenvalue weighted by molar-refractivity contribution is 14.1. The molecule has 0 aliphatic rings. The molecule has 0 unspecified atom stereocenters. The number of carbonyl (C=O) groups excluding carboxylic acids is 1. The van der Waals surface area contributed by atoms with Crippen molar-refractivity contribution in [1.29, 1.82) is 0 Å². The fourth-order valence-corrected chi connectivity index (χ4v) is 2.23. The van der Waals surface area contributed by atoms with Gasteiger partial charge in [0.25, 0.3) is 0 Å². The summed E-state index contributed by atoms with van der Waals surface area (Å²) in [5, 5.41) is 0.430. The molecule has 0 aliphatic carbocycles. The number of rotatable bonds is 2. The van der Waals surface area contributed by atoms with Crippen LogP contribution in [0.5, 0.6) is 5.75 Å². The molecule has 0 radical (unpaired) electrons. The maximum Gasteiger partial charge on any atom is 0.344 e. The van der Waals surface area contributed by atoms with E-state index in [4.69, 9.17) is 16.3 Å². The fraction of sp³-hybridized carbons (Fsp3) is 0.0714. The molecule has 0 heterocycles. The van der Waals surface area contributed by atoms with Crippen LogP contribution in [-0.4, -0.2) is 5.97 Å². The first-order chi connectivity index (χ1) is 8.58. The van der Waals surface area contributed by atoms with Gasteiger partial charge in [0.2, 0.25) is 0 Å². The van der Waals surface area contributed by atoms with Crippen LogP contribution in [0.1, 0.15) is 15.9 Å². The van der Waals surface area contributed by atoms with Crippen LogP contribution in [0.25, 0.3) is 0 Å². The second-order valence-electron chi connectivity index (χ2n) is 3.80. The van der Waals surface area contributed by atoms with Gasteiger partial charge in [-0.15, -0.1) is 0 Å². The van der Waals surface area contributed by atoms with E-state index in [2.05, 4.69) is 22.6 Å². The van der Waals surface area contributed by atoms with Gasteiger partial charge in [0.05, 0.1) is 10.6 Å². The molecule has 0 N–H and O–H groups in total. The number of ether oxygens (including phenoxy) is 1.